The van der Waals surface area contributed by atoms with Crippen molar-refractivity contribution in [3.63, 3.8) is 0 Å². The van der Waals surface area contributed by atoms with Crippen LogP contribution in [-0.2, 0) is 9.59 Å². The molecule has 2 unspecified atom stereocenters. The van der Waals surface area contributed by atoms with Crippen LogP contribution in [0.2, 0.25) is 0 Å². The smallest absolute Gasteiger partial charge is 0.242 e. The average molecular weight is 408 g/mol. The normalized spacial score (nSPS) is 26.4. The number of pyridine rings is 1. The molecule has 0 saturated carbocycles. The Labute approximate surface area is 175 Å². The van der Waals surface area contributed by atoms with E-state index >= 15 is 0 Å². The fourth-order valence-electron chi connectivity index (χ4n) is 5.02. The number of amides is 2. The maximum absolute atomic E-state index is 14.7. The van der Waals surface area contributed by atoms with E-state index in [1.807, 2.05) is 13.1 Å². The van der Waals surface area contributed by atoms with Gasteiger partial charge in [0.05, 0.1) is 11.7 Å². The molecule has 7 heteroatoms. The largest absolute Gasteiger partial charge is 0.344 e. The maximum Gasteiger partial charge on any atom is 0.242 e. The fourth-order valence-corrected chi connectivity index (χ4v) is 5.02. The van der Waals surface area contributed by atoms with Crippen LogP contribution in [0.5, 0.6) is 0 Å². The SMILES string of the molecule is CN1CCC2(CCC(c3cc(-c4cc(N5CCCC5=O)ccc4F)ccn3)N2)C1=O. The first kappa shape index (κ1) is 19.2. The third-order valence-electron chi connectivity index (χ3n) is 6.72. The van der Waals surface area contributed by atoms with Crippen molar-refractivity contribution in [2.45, 2.75) is 43.7 Å². The first-order chi connectivity index (χ1) is 14.5. The van der Waals surface area contributed by atoms with E-state index in [0.717, 1.165) is 49.2 Å². The summed E-state index contributed by atoms with van der Waals surface area (Å²) >= 11 is 0. The van der Waals surface area contributed by atoms with Gasteiger partial charge in [-0.25, -0.2) is 4.39 Å². The Kier molecular flexibility index (Phi) is 4.58. The number of hydrogen-bond acceptors (Lipinski definition) is 4. The molecule has 4 heterocycles. The molecule has 30 heavy (non-hydrogen) atoms. The number of likely N-dealkylation sites (tertiary alicyclic amines) is 1. The molecule has 1 aromatic heterocycles. The molecule has 3 aliphatic rings. The van der Waals surface area contributed by atoms with Crippen LogP contribution in [0.1, 0.15) is 43.8 Å². The third kappa shape index (κ3) is 3.08. The minimum atomic E-state index is -0.488. The topological polar surface area (TPSA) is 65.5 Å². The molecule has 0 bridgehead atoms. The van der Waals surface area contributed by atoms with E-state index in [2.05, 4.69) is 10.3 Å². The number of likely N-dealkylation sites (N-methyl/N-ethyl adjacent to an activating group) is 1. The van der Waals surface area contributed by atoms with E-state index in [4.69, 9.17) is 0 Å². The molecule has 1 spiro atoms. The van der Waals surface area contributed by atoms with Gasteiger partial charge in [-0.3, -0.25) is 19.9 Å². The number of anilines is 1. The van der Waals surface area contributed by atoms with E-state index in [0.29, 0.717) is 18.5 Å². The molecule has 1 N–H and O–H groups in total. The summed E-state index contributed by atoms with van der Waals surface area (Å²) in [4.78, 5) is 32.7. The molecule has 2 atom stereocenters. The summed E-state index contributed by atoms with van der Waals surface area (Å²) < 4.78 is 14.7. The number of nitrogens with one attached hydrogen (secondary N) is 1. The molecule has 3 aliphatic heterocycles. The Morgan fingerprint density at radius 3 is 2.77 bits per heavy atom. The van der Waals surface area contributed by atoms with Gasteiger partial charge >= 0.3 is 0 Å². The van der Waals surface area contributed by atoms with Gasteiger partial charge in [-0.1, -0.05) is 0 Å². The van der Waals surface area contributed by atoms with E-state index in [9.17, 15) is 14.0 Å². The van der Waals surface area contributed by atoms with Gasteiger partial charge in [0.1, 0.15) is 11.4 Å². The number of nitrogens with zero attached hydrogens (tertiary/aromatic N) is 3. The lowest BCUT2D eigenvalue weighted by molar-refractivity contribution is -0.131. The van der Waals surface area contributed by atoms with Crippen molar-refractivity contribution < 1.29 is 14.0 Å². The lowest BCUT2D eigenvalue weighted by Crippen LogP contribution is -2.47. The zero-order valence-electron chi connectivity index (χ0n) is 17.0. The highest BCUT2D eigenvalue weighted by molar-refractivity contribution is 5.96. The van der Waals surface area contributed by atoms with Crippen molar-refractivity contribution in [3.8, 4) is 11.1 Å². The maximum atomic E-state index is 14.7. The van der Waals surface area contributed by atoms with E-state index in [1.165, 1.54) is 6.07 Å². The molecule has 2 amide bonds. The average Bonchev–Trinajstić information content (AvgIpc) is 3.45. The van der Waals surface area contributed by atoms with Gasteiger partial charge in [0, 0.05) is 44.0 Å². The first-order valence-electron chi connectivity index (χ1n) is 10.6. The van der Waals surface area contributed by atoms with Crippen molar-refractivity contribution >= 4 is 17.5 Å². The van der Waals surface area contributed by atoms with Gasteiger partial charge in [0.2, 0.25) is 11.8 Å². The fraction of sp³-hybridized carbons (Fsp3) is 0.435. The van der Waals surface area contributed by atoms with Crippen molar-refractivity contribution in [1.29, 1.82) is 0 Å². The molecule has 6 nitrogen and oxygen atoms in total. The van der Waals surface area contributed by atoms with Gasteiger partial charge in [-0.05, 0) is 61.6 Å². The van der Waals surface area contributed by atoms with Crippen LogP contribution in [0.4, 0.5) is 10.1 Å². The number of carbonyl (C=O) groups excluding carboxylic acids is 2. The molecule has 2 aromatic rings. The van der Waals surface area contributed by atoms with Crippen LogP contribution < -0.4 is 10.2 Å². The van der Waals surface area contributed by atoms with Crippen LogP contribution >= 0.6 is 0 Å². The summed E-state index contributed by atoms with van der Waals surface area (Å²) in [7, 11) is 1.84. The first-order valence-corrected chi connectivity index (χ1v) is 10.6. The zero-order valence-corrected chi connectivity index (χ0v) is 17.0. The second-order valence-electron chi connectivity index (χ2n) is 8.58. The van der Waals surface area contributed by atoms with Crippen LogP contribution in [-0.4, -0.2) is 47.4 Å². The van der Waals surface area contributed by atoms with Crippen molar-refractivity contribution in [3.05, 3.63) is 48.0 Å². The van der Waals surface area contributed by atoms with Crippen LogP contribution in [0, 0.1) is 5.82 Å². The Balaban J connectivity index is 1.43. The van der Waals surface area contributed by atoms with Gasteiger partial charge in [0.25, 0.3) is 0 Å². The summed E-state index contributed by atoms with van der Waals surface area (Å²) in [6.45, 7) is 1.43. The zero-order chi connectivity index (χ0) is 20.9. The number of aromatic nitrogens is 1. The number of halogens is 1. The van der Waals surface area contributed by atoms with E-state index in [-0.39, 0.29) is 23.7 Å². The highest BCUT2D eigenvalue weighted by Gasteiger charge is 2.50. The van der Waals surface area contributed by atoms with Gasteiger partial charge in [-0.15, -0.1) is 0 Å². The van der Waals surface area contributed by atoms with Gasteiger partial charge in [-0.2, -0.15) is 0 Å². The minimum Gasteiger partial charge on any atom is -0.344 e. The monoisotopic (exact) mass is 408 g/mol. The Hall–Kier alpha value is -2.80. The second-order valence-corrected chi connectivity index (χ2v) is 8.58. The lowest BCUT2D eigenvalue weighted by Gasteiger charge is -2.23. The highest BCUT2D eigenvalue weighted by Crippen LogP contribution is 2.39. The standard InChI is InChI=1S/C23H25FN4O2/c1-27-12-9-23(22(27)30)8-6-19(26-23)20-13-15(7-10-25-20)17-14-16(4-5-18(17)24)28-11-2-3-21(28)29/h4-5,7,10,13-14,19,26H,2-3,6,8-9,11-12H2,1H3. The quantitative estimate of drug-likeness (QED) is 0.848. The van der Waals surface area contributed by atoms with Crippen LogP contribution in [0.25, 0.3) is 11.1 Å². The Morgan fingerprint density at radius 2 is 2.03 bits per heavy atom. The lowest BCUT2D eigenvalue weighted by atomic mass is 9.96. The summed E-state index contributed by atoms with van der Waals surface area (Å²) in [6, 6.07) is 8.48. The van der Waals surface area contributed by atoms with Crippen LogP contribution in [0.3, 0.4) is 0 Å². The summed E-state index contributed by atoms with van der Waals surface area (Å²) in [6.07, 6.45) is 5.46. The Bertz CT molecular complexity index is 1030. The molecule has 5 rings (SSSR count). The molecule has 156 valence electrons. The van der Waals surface area contributed by atoms with E-state index < -0.39 is 5.54 Å². The molecule has 3 saturated heterocycles. The third-order valence-corrected chi connectivity index (χ3v) is 6.72. The predicted octanol–water partition coefficient (Wildman–Crippen LogP) is 3.04. The van der Waals surface area contributed by atoms with Crippen molar-refractivity contribution in [2.24, 2.45) is 0 Å². The van der Waals surface area contributed by atoms with E-state index in [1.54, 1.807) is 34.2 Å². The second kappa shape index (κ2) is 7.16. The molecule has 3 fully saturated rings. The van der Waals surface area contributed by atoms with Crippen molar-refractivity contribution in [2.75, 3.05) is 25.0 Å². The Morgan fingerprint density at radius 1 is 1.17 bits per heavy atom. The molecule has 0 radical (unpaired) electrons. The molecular weight excluding hydrogens is 383 g/mol. The molecular formula is C23H25FN4O2. The van der Waals surface area contributed by atoms with Crippen LogP contribution in [0.15, 0.2) is 36.5 Å². The number of carbonyl (C=O) groups is 2. The van der Waals surface area contributed by atoms with Gasteiger partial charge in [0.15, 0.2) is 0 Å². The predicted molar refractivity (Wildman–Crippen MR) is 111 cm³/mol. The molecule has 1 aromatic carbocycles. The summed E-state index contributed by atoms with van der Waals surface area (Å²) in [5.74, 6) is -0.101. The van der Waals surface area contributed by atoms with Crippen molar-refractivity contribution in [1.82, 2.24) is 15.2 Å². The number of hydrogen-bond donors (Lipinski definition) is 1. The highest BCUT2D eigenvalue weighted by atomic mass is 19.1. The number of rotatable bonds is 3. The summed E-state index contributed by atoms with van der Waals surface area (Å²) in [5, 5.41) is 3.52. The van der Waals surface area contributed by atoms with Gasteiger partial charge < -0.3 is 9.80 Å². The summed E-state index contributed by atoms with van der Waals surface area (Å²) in [5.41, 5.74) is 2.24. The minimum absolute atomic E-state index is 0.0354. The number of benzene rings is 1. The molecule has 0 aliphatic carbocycles.